The lowest BCUT2D eigenvalue weighted by molar-refractivity contribution is -0.125. The second kappa shape index (κ2) is 4.19. The highest BCUT2D eigenvalue weighted by atomic mass is 16.2. The molecule has 0 bridgehead atoms. The van der Waals surface area contributed by atoms with E-state index in [4.69, 9.17) is 0 Å². The molecule has 20 heavy (non-hydrogen) atoms. The van der Waals surface area contributed by atoms with Gasteiger partial charge in [-0.15, -0.1) is 0 Å². The van der Waals surface area contributed by atoms with Gasteiger partial charge >= 0.3 is 0 Å². The second-order valence-electron chi connectivity index (χ2n) is 5.75. The SMILES string of the molecule is Cn1ccc2c(N3CC(C(=O)NC4CC4)C3)ncnc21. The molecule has 0 spiro atoms. The number of rotatable bonds is 3. The molecule has 0 aromatic carbocycles. The first-order valence-electron chi connectivity index (χ1n) is 7.04. The number of nitrogens with one attached hydrogen (secondary N) is 1. The van der Waals surface area contributed by atoms with Crippen LogP contribution in [0.3, 0.4) is 0 Å². The first-order valence-corrected chi connectivity index (χ1v) is 7.04. The van der Waals surface area contributed by atoms with E-state index in [0.29, 0.717) is 6.04 Å². The number of carbonyl (C=O) groups is 1. The van der Waals surface area contributed by atoms with Crippen molar-refractivity contribution in [3.05, 3.63) is 18.6 Å². The molecule has 2 fully saturated rings. The fraction of sp³-hybridized carbons (Fsp3) is 0.500. The van der Waals surface area contributed by atoms with Crippen molar-refractivity contribution in [1.82, 2.24) is 19.9 Å². The van der Waals surface area contributed by atoms with Crippen LogP contribution in [0.5, 0.6) is 0 Å². The summed E-state index contributed by atoms with van der Waals surface area (Å²) < 4.78 is 1.98. The summed E-state index contributed by atoms with van der Waals surface area (Å²) in [4.78, 5) is 22.8. The standard InChI is InChI=1S/C14H17N5O/c1-18-5-4-11-12(18)15-8-16-13(11)19-6-9(7-19)14(20)17-10-2-3-10/h4-5,8-10H,2-3,6-7H2,1H3,(H,17,20). The number of aryl methyl sites for hydroxylation is 1. The van der Waals surface area contributed by atoms with Crippen molar-refractivity contribution < 1.29 is 4.79 Å². The minimum absolute atomic E-state index is 0.101. The summed E-state index contributed by atoms with van der Waals surface area (Å²) in [5, 5.41) is 4.12. The summed E-state index contributed by atoms with van der Waals surface area (Å²) in [5.74, 6) is 1.23. The first kappa shape index (κ1) is 11.7. The van der Waals surface area contributed by atoms with Gasteiger partial charge in [0.25, 0.3) is 0 Å². The van der Waals surface area contributed by atoms with Gasteiger partial charge in [-0.25, -0.2) is 9.97 Å². The molecule has 0 atom stereocenters. The minimum Gasteiger partial charge on any atom is -0.354 e. The molecular formula is C14H17N5O. The molecule has 0 unspecified atom stereocenters. The van der Waals surface area contributed by atoms with Gasteiger partial charge in [0.1, 0.15) is 17.8 Å². The van der Waals surface area contributed by atoms with Gasteiger partial charge in [0.2, 0.25) is 5.91 Å². The number of fused-ring (bicyclic) bond motifs is 1. The molecule has 104 valence electrons. The van der Waals surface area contributed by atoms with E-state index in [1.54, 1.807) is 6.33 Å². The van der Waals surface area contributed by atoms with Crippen molar-refractivity contribution in [2.24, 2.45) is 13.0 Å². The van der Waals surface area contributed by atoms with E-state index in [-0.39, 0.29) is 11.8 Å². The minimum atomic E-state index is 0.101. The third kappa shape index (κ3) is 1.83. The van der Waals surface area contributed by atoms with Gasteiger partial charge in [-0.05, 0) is 18.9 Å². The van der Waals surface area contributed by atoms with Crippen LogP contribution in [0.25, 0.3) is 11.0 Å². The quantitative estimate of drug-likeness (QED) is 0.892. The molecule has 1 saturated carbocycles. The molecule has 1 amide bonds. The predicted molar refractivity (Wildman–Crippen MR) is 75.4 cm³/mol. The van der Waals surface area contributed by atoms with Crippen molar-refractivity contribution in [2.75, 3.05) is 18.0 Å². The Labute approximate surface area is 116 Å². The van der Waals surface area contributed by atoms with E-state index in [2.05, 4.69) is 20.2 Å². The van der Waals surface area contributed by atoms with E-state index in [0.717, 1.165) is 42.8 Å². The van der Waals surface area contributed by atoms with Crippen LogP contribution in [-0.4, -0.2) is 39.6 Å². The van der Waals surface area contributed by atoms with Gasteiger partial charge in [-0.1, -0.05) is 0 Å². The highest BCUT2D eigenvalue weighted by Crippen LogP contribution is 2.29. The number of hydrogen-bond donors (Lipinski definition) is 1. The summed E-state index contributed by atoms with van der Waals surface area (Å²) in [6, 6.07) is 2.47. The number of nitrogens with zero attached hydrogens (tertiary/aromatic N) is 4. The lowest BCUT2D eigenvalue weighted by Crippen LogP contribution is -2.54. The van der Waals surface area contributed by atoms with Crippen LogP contribution in [0.2, 0.25) is 0 Å². The third-order valence-electron chi connectivity index (χ3n) is 4.12. The molecule has 1 N–H and O–H groups in total. The summed E-state index contributed by atoms with van der Waals surface area (Å²) in [7, 11) is 1.97. The lowest BCUT2D eigenvalue weighted by atomic mass is 9.99. The summed E-state index contributed by atoms with van der Waals surface area (Å²) in [6.45, 7) is 1.50. The van der Waals surface area contributed by atoms with Gasteiger partial charge in [-0.2, -0.15) is 0 Å². The summed E-state index contributed by atoms with van der Waals surface area (Å²) in [6.07, 6.45) is 5.85. The topological polar surface area (TPSA) is 63.1 Å². The van der Waals surface area contributed by atoms with Crippen molar-refractivity contribution in [2.45, 2.75) is 18.9 Å². The van der Waals surface area contributed by atoms with Crippen LogP contribution in [-0.2, 0) is 11.8 Å². The number of carbonyl (C=O) groups excluding carboxylic acids is 1. The summed E-state index contributed by atoms with van der Waals surface area (Å²) in [5.41, 5.74) is 0.931. The van der Waals surface area contributed by atoms with Crippen LogP contribution in [0.1, 0.15) is 12.8 Å². The number of anilines is 1. The Bertz CT molecular complexity index is 669. The number of aromatic nitrogens is 3. The molecule has 1 aliphatic heterocycles. The number of amides is 1. The zero-order valence-corrected chi connectivity index (χ0v) is 11.4. The lowest BCUT2D eigenvalue weighted by Gasteiger charge is -2.39. The van der Waals surface area contributed by atoms with Crippen molar-refractivity contribution in [3.8, 4) is 0 Å². The van der Waals surface area contributed by atoms with Gasteiger partial charge in [0, 0.05) is 32.4 Å². The smallest absolute Gasteiger partial charge is 0.226 e. The third-order valence-corrected chi connectivity index (χ3v) is 4.12. The molecule has 2 aromatic rings. The highest BCUT2D eigenvalue weighted by molar-refractivity contribution is 5.90. The molecule has 4 rings (SSSR count). The average Bonchev–Trinajstić information content (AvgIpc) is 3.11. The molecular weight excluding hydrogens is 254 g/mol. The van der Waals surface area contributed by atoms with Crippen LogP contribution < -0.4 is 10.2 Å². The Hall–Kier alpha value is -2.11. The Morgan fingerprint density at radius 2 is 2.15 bits per heavy atom. The molecule has 2 aliphatic rings. The van der Waals surface area contributed by atoms with Crippen molar-refractivity contribution in [1.29, 1.82) is 0 Å². The second-order valence-corrected chi connectivity index (χ2v) is 5.75. The first-order chi connectivity index (χ1) is 9.72. The van der Waals surface area contributed by atoms with Gasteiger partial charge < -0.3 is 14.8 Å². The van der Waals surface area contributed by atoms with Crippen LogP contribution in [0.4, 0.5) is 5.82 Å². The highest BCUT2D eigenvalue weighted by Gasteiger charge is 2.36. The fourth-order valence-corrected chi connectivity index (χ4v) is 2.68. The largest absolute Gasteiger partial charge is 0.354 e. The Balaban J connectivity index is 1.50. The van der Waals surface area contributed by atoms with Gasteiger partial charge in [-0.3, -0.25) is 4.79 Å². The Kier molecular flexibility index (Phi) is 2.45. The van der Waals surface area contributed by atoms with Crippen LogP contribution in [0, 0.1) is 5.92 Å². The van der Waals surface area contributed by atoms with E-state index in [1.807, 2.05) is 23.9 Å². The van der Waals surface area contributed by atoms with Crippen LogP contribution in [0.15, 0.2) is 18.6 Å². The Morgan fingerprint density at radius 1 is 1.35 bits per heavy atom. The van der Waals surface area contributed by atoms with Crippen molar-refractivity contribution >= 4 is 22.8 Å². The van der Waals surface area contributed by atoms with E-state index >= 15 is 0 Å². The molecule has 6 nitrogen and oxygen atoms in total. The monoisotopic (exact) mass is 271 g/mol. The number of hydrogen-bond acceptors (Lipinski definition) is 4. The maximum Gasteiger partial charge on any atom is 0.226 e. The summed E-state index contributed by atoms with van der Waals surface area (Å²) >= 11 is 0. The van der Waals surface area contributed by atoms with Crippen molar-refractivity contribution in [3.63, 3.8) is 0 Å². The van der Waals surface area contributed by atoms with E-state index in [1.165, 1.54) is 0 Å². The molecule has 0 radical (unpaired) electrons. The molecule has 1 saturated heterocycles. The molecule has 6 heteroatoms. The molecule has 3 heterocycles. The van der Waals surface area contributed by atoms with E-state index in [9.17, 15) is 4.79 Å². The zero-order valence-electron chi connectivity index (χ0n) is 11.4. The molecule has 1 aliphatic carbocycles. The normalized spacial score (nSPS) is 19.1. The molecule has 2 aromatic heterocycles. The van der Waals surface area contributed by atoms with Gasteiger partial charge in [0.15, 0.2) is 0 Å². The van der Waals surface area contributed by atoms with Gasteiger partial charge in [0.05, 0.1) is 11.3 Å². The van der Waals surface area contributed by atoms with E-state index < -0.39 is 0 Å². The predicted octanol–water partition coefficient (Wildman–Crippen LogP) is 0.683. The average molecular weight is 271 g/mol. The maximum atomic E-state index is 11.9. The maximum absolute atomic E-state index is 11.9. The zero-order chi connectivity index (χ0) is 13.7. The van der Waals surface area contributed by atoms with Crippen LogP contribution >= 0.6 is 0 Å². The fourth-order valence-electron chi connectivity index (χ4n) is 2.68. The Morgan fingerprint density at radius 3 is 2.90 bits per heavy atom.